The number of benzene rings is 2. The Morgan fingerprint density at radius 3 is 2.17 bits per heavy atom. The lowest BCUT2D eigenvalue weighted by Gasteiger charge is -2.13. The molecule has 1 amide bonds. The summed E-state index contributed by atoms with van der Waals surface area (Å²) in [7, 11) is 1.52. The SMILES string of the molecule is COc1ccc(C(=O)[C@H](C)OC(=O)CCNC(=O)c2ccc([N+](=O)[O-])cc2)cc1. The number of carbonyl (C=O) groups excluding carboxylic acids is 3. The molecule has 2 rings (SSSR count). The molecule has 9 nitrogen and oxygen atoms in total. The average molecular weight is 400 g/mol. The fraction of sp³-hybridized carbons (Fsp3) is 0.250. The molecule has 0 bridgehead atoms. The number of rotatable bonds is 9. The minimum Gasteiger partial charge on any atom is -0.497 e. The van der Waals surface area contributed by atoms with Gasteiger partial charge in [-0.2, -0.15) is 0 Å². The summed E-state index contributed by atoms with van der Waals surface area (Å²) in [6, 6.07) is 11.5. The van der Waals surface area contributed by atoms with Crippen LogP contribution in [-0.4, -0.2) is 42.3 Å². The van der Waals surface area contributed by atoms with E-state index in [2.05, 4.69) is 5.32 Å². The Kier molecular flexibility index (Phi) is 7.41. The zero-order chi connectivity index (χ0) is 21.4. The van der Waals surface area contributed by atoms with Crippen molar-refractivity contribution < 1.29 is 28.8 Å². The van der Waals surface area contributed by atoms with Crippen LogP contribution in [0.4, 0.5) is 5.69 Å². The molecule has 0 aromatic heterocycles. The summed E-state index contributed by atoms with van der Waals surface area (Å²) in [5.74, 6) is -0.857. The maximum atomic E-state index is 12.3. The molecule has 0 radical (unpaired) electrons. The van der Waals surface area contributed by atoms with Crippen molar-refractivity contribution >= 4 is 23.3 Å². The Bertz CT molecular complexity index is 892. The monoisotopic (exact) mass is 400 g/mol. The zero-order valence-corrected chi connectivity index (χ0v) is 15.9. The maximum absolute atomic E-state index is 12.3. The molecule has 29 heavy (non-hydrogen) atoms. The van der Waals surface area contributed by atoms with Crippen molar-refractivity contribution in [3.8, 4) is 5.75 Å². The predicted octanol–water partition coefficient (Wildman–Crippen LogP) is 2.54. The normalized spacial score (nSPS) is 11.2. The van der Waals surface area contributed by atoms with Crippen molar-refractivity contribution in [3.05, 3.63) is 69.8 Å². The summed E-state index contributed by atoms with van der Waals surface area (Å²) in [5.41, 5.74) is 0.491. The predicted molar refractivity (Wildman–Crippen MR) is 103 cm³/mol. The number of esters is 1. The van der Waals surface area contributed by atoms with Gasteiger partial charge in [0.1, 0.15) is 5.75 Å². The van der Waals surface area contributed by atoms with Crippen LogP contribution in [0.25, 0.3) is 0 Å². The topological polar surface area (TPSA) is 125 Å². The second-order valence-corrected chi connectivity index (χ2v) is 6.03. The van der Waals surface area contributed by atoms with Crippen LogP contribution < -0.4 is 10.1 Å². The first-order valence-electron chi connectivity index (χ1n) is 8.72. The number of nitrogens with one attached hydrogen (secondary N) is 1. The van der Waals surface area contributed by atoms with Crippen molar-refractivity contribution in [1.29, 1.82) is 0 Å². The first kappa shape index (κ1) is 21.5. The molecule has 2 aromatic carbocycles. The molecule has 0 saturated carbocycles. The van der Waals surface area contributed by atoms with Gasteiger partial charge in [-0.05, 0) is 43.3 Å². The van der Waals surface area contributed by atoms with E-state index in [1.54, 1.807) is 24.3 Å². The summed E-state index contributed by atoms with van der Waals surface area (Å²) < 4.78 is 10.1. The van der Waals surface area contributed by atoms with E-state index in [9.17, 15) is 24.5 Å². The maximum Gasteiger partial charge on any atom is 0.308 e. The Morgan fingerprint density at radius 2 is 1.62 bits per heavy atom. The van der Waals surface area contributed by atoms with E-state index in [-0.39, 0.29) is 30.0 Å². The first-order valence-corrected chi connectivity index (χ1v) is 8.72. The van der Waals surface area contributed by atoms with Crippen molar-refractivity contribution in [2.45, 2.75) is 19.4 Å². The number of non-ortho nitro benzene ring substituents is 1. The van der Waals surface area contributed by atoms with Gasteiger partial charge in [0.2, 0.25) is 5.78 Å². The number of methoxy groups -OCH3 is 1. The van der Waals surface area contributed by atoms with Gasteiger partial charge in [0.05, 0.1) is 18.5 Å². The lowest BCUT2D eigenvalue weighted by atomic mass is 10.1. The van der Waals surface area contributed by atoms with Gasteiger partial charge in [-0.15, -0.1) is 0 Å². The number of hydrogen-bond donors (Lipinski definition) is 1. The summed E-state index contributed by atoms with van der Waals surface area (Å²) in [4.78, 5) is 46.2. The van der Waals surface area contributed by atoms with Gasteiger partial charge in [0.15, 0.2) is 6.10 Å². The molecule has 152 valence electrons. The van der Waals surface area contributed by atoms with Gasteiger partial charge in [-0.25, -0.2) is 0 Å². The highest BCUT2D eigenvalue weighted by Crippen LogP contribution is 2.14. The van der Waals surface area contributed by atoms with Gasteiger partial charge in [-0.1, -0.05) is 0 Å². The molecule has 0 spiro atoms. The molecule has 0 unspecified atom stereocenters. The van der Waals surface area contributed by atoms with Crippen molar-refractivity contribution in [2.24, 2.45) is 0 Å². The Balaban J connectivity index is 1.78. The lowest BCUT2D eigenvalue weighted by molar-refractivity contribution is -0.384. The van der Waals surface area contributed by atoms with E-state index in [1.807, 2.05) is 0 Å². The van der Waals surface area contributed by atoms with E-state index in [1.165, 1.54) is 38.3 Å². The van der Waals surface area contributed by atoms with Crippen LogP contribution in [0.15, 0.2) is 48.5 Å². The van der Waals surface area contributed by atoms with E-state index in [4.69, 9.17) is 9.47 Å². The lowest BCUT2D eigenvalue weighted by Crippen LogP contribution is -2.29. The summed E-state index contributed by atoms with van der Waals surface area (Å²) in [6.45, 7) is 1.47. The van der Waals surface area contributed by atoms with Crippen LogP contribution in [0.2, 0.25) is 0 Å². The zero-order valence-electron chi connectivity index (χ0n) is 15.9. The number of nitrogens with zero attached hydrogens (tertiary/aromatic N) is 1. The third kappa shape index (κ3) is 6.13. The van der Waals surface area contributed by atoms with Crippen molar-refractivity contribution in [3.63, 3.8) is 0 Å². The van der Waals surface area contributed by atoms with Crippen molar-refractivity contribution in [2.75, 3.05) is 13.7 Å². The second kappa shape index (κ2) is 9.98. The summed E-state index contributed by atoms with van der Waals surface area (Å²) in [5, 5.41) is 13.1. The number of carbonyl (C=O) groups is 3. The van der Waals surface area contributed by atoms with Gasteiger partial charge < -0.3 is 14.8 Å². The highest BCUT2D eigenvalue weighted by atomic mass is 16.6. The molecule has 2 aromatic rings. The number of hydrogen-bond acceptors (Lipinski definition) is 7. The molecule has 0 fully saturated rings. The number of ether oxygens (including phenoxy) is 2. The fourth-order valence-electron chi connectivity index (χ4n) is 2.41. The molecule has 0 aliphatic carbocycles. The van der Waals surface area contributed by atoms with Gasteiger partial charge in [0.25, 0.3) is 11.6 Å². The molecular formula is C20H20N2O7. The third-order valence-electron chi connectivity index (χ3n) is 4.01. The molecule has 0 aliphatic heterocycles. The Hall–Kier alpha value is -3.75. The van der Waals surface area contributed by atoms with Crippen LogP contribution in [-0.2, 0) is 9.53 Å². The van der Waals surface area contributed by atoms with E-state index < -0.39 is 22.9 Å². The standard InChI is InChI=1S/C20H20N2O7/c1-13(19(24)14-5-9-17(28-2)10-6-14)29-18(23)11-12-21-20(25)15-3-7-16(8-4-15)22(26)27/h3-10,13H,11-12H2,1-2H3,(H,21,25)/t13-/m0/s1. The number of amides is 1. The van der Waals surface area contributed by atoms with Crippen LogP contribution in [0.1, 0.15) is 34.1 Å². The molecule has 0 saturated heterocycles. The van der Waals surface area contributed by atoms with Crippen molar-refractivity contribution in [1.82, 2.24) is 5.32 Å². The summed E-state index contributed by atoms with van der Waals surface area (Å²) in [6.07, 6.45) is -1.10. The number of Topliss-reactive ketones (excluding diaryl/α,β-unsaturated/α-hetero) is 1. The fourth-order valence-corrected chi connectivity index (χ4v) is 2.41. The number of nitro groups is 1. The molecule has 1 atom stereocenters. The number of nitro benzene ring substituents is 1. The van der Waals surface area contributed by atoms with E-state index in [0.29, 0.717) is 11.3 Å². The molecule has 0 heterocycles. The van der Waals surface area contributed by atoms with Crippen LogP contribution in [0.5, 0.6) is 5.75 Å². The minimum absolute atomic E-state index is 0.00188. The second-order valence-electron chi connectivity index (χ2n) is 6.03. The Labute approximate surface area is 166 Å². The summed E-state index contributed by atoms with van der Waals surface area (Å²) >= 11 is 0. The smallest absolute Gasteiger partial charge is 0.308 e. The molecule has 9 heteroatoms. The highest BCUT2D eigenvalue weighted by Gasteiger charge is 2.19. The third-order valence-corrected chi connectivity index (χ3v) is 4.01. The first-order chi connectivity index (χ1) is 13.8. The average Bonchev–Trinajstić information content (AvgIpc) is 2.73. The minimum atomic E-state index is -0.971. The van der Waals surface area contributed by atoms with Gasteiger partial charge in [-0.3, -0.25) is 24.5 Å². The van der Waals surface area contributed by atoms with Crippen LogP contribution in [0, 0.1) is 10.1 Å². The van der Waals surface area contributed by atoms with Crippen LogP contribution >= 0.6 is 0 Å². The van der Waals surface area contributed by atoms with E-state index in [0.717, 1.165) is 0 Å². The molecule has 1 N–H and O–H groups in total. The Morgan fingerprint density at radius 1 is 1.03 bits per heavy atom. The largest absolute Gasteiger partial charge is 0.497 e. The van der Waals surface area contributed by atoms with E-state index >= 15 is 0 Å². The van der Waals surface area contributed by atoms with Gasteiger partial charge in [0, 0.05) is 29.8 Å². The number of ketones is 1. The van der Waals surface area contributed by atoms with Gasteiger partial charge >= 0.3 is 5.97 Å². The quantitative estimate of drug-likeness (QED) is 0.297. The molecule has 0 aliphatic rings. The highest BCUT2D eigenvalue weighted by molar-refractivity contribution is 6.00. The van der Waals surface area contributed by atoms with Crippen LogP contribution in [0.3, 0.4) is 0 Å². The molecular weight excluding hydrogens is 380 g/mol.